The number of aromatic nitrogens is 13. The molecular formula is C88H65ClF8N18O12. The Balaban J connectivity index is 0.000000156. The van der Waals surface area contributed by atoms with E-state index in [0.29, 0.717) is 45.0 Å². The molecular weight excluding hydrogens is 1690 g/mol. The minimum Gasteiger partial charge on any atom is -0.497 e. The van der Waals surface area contributed by atoms with Gasteiger partial charge in [-0.3, -0.25) is 38.9 Å². The highest BCUT2D eigenvalue weighted by Crippen LogP contribution is 2.34. The molecule has 15 aromatic rings. The Bertz CT molecular complexity index is 6420. The van der Waals surface area contributed by atoms with Gasteiger partial charge in [0.15, 0.2) is 40.3 Å². The molecule has 0 bridgehead atoms. The van der Waals surface area contributed by atoms with Gasteiger partial charge in [-0.15, -0.1) is 0 Å². The lowest BCUT2D eigenvalue weighted by molar-refractivity contribution is 0.0174. The zero-order chi connectivity index (χ0) is 92.0. The van der Waals surface area contributed by atoms with Gasteiger partial charge in [0.2, 0.25) is 5.82 Å². The number of amides is 5. The Labute approximate surface area is 723 Å². The van der Waals surface area contributed by atoms with Crippen LogP contribution in [-0.2, 0) is 5.92 Å². The number of halogens is 9. The molecule has 0 aliphatic carbocycles. The van der Waals surface area contributed by atoms with Gasteiger partial charge in [0.1, 0.15) is 106 Å². The molecule has 8 heterocycles. The Morgan fingerprint density at radius 3 is 1.09 bits per heavy atom. The fourth-order valence-corrected chi connectivity index (χ4v) is 10.6. The molecule has 642 valence electrons. The van der Waals surface area contributed by atoms with E-state index >= 15 is 0 Å². The standard InChI is InChI=1S/C19H14F3N3O2.C18H15FN4O3.C18H14FN3O2.C17H13FN4O3.C16H9ClF2N4O2/c1-19(21,22)13-4-2-3-12(5-13)18(26)25-15-6-14(20)7-16(8-15)27-17-9-23-11-24-10-17;1-2-25-14-3-4-22-17(8-14)18(24)23-13-5-12(19)6-15(7-13)26-16-9-20-11-21-10-16;1-12-3-2-4-13(5-12)18(23)22-15-6-14(19)7-16(8-15)24-17-9-20-11-21-10-17;1-24-13-2-3-21-16(7-13)17(23)22-12-4-11(18)5-14(6-12)25-15-8-19-10-20-9-15;17-9-1-2-22-13(3-9)16(24)23-10-4-12(18)15(19)14(5-10)25-11-6-20-8-21-7-11/h2-11H,1H3,(H,25,26);3-11H,2H2,1H3,(H,23,24);2-11H,1H3,(H,22,23);2-10H,1H3,(H,22,23);1-8H,(H,23,24)/i;2D2;;;. The monoisotopic (exact) mass is 1750 g/mol. The molecule has 5 N–H and O–H groups in total. The number of methoxy groups -OCH3 is 1. The maximum absolute atomic E-state index is 13.9. The molecule has 0 saturated carbocycles. The van der Waals surface area contributed by atoms with Crippen LogP contribution < -0.4 is 59.7 Å². The lowest BCUT2D eigenvalue weighted by Crippen LogP contribution is -2.14. The Kier molecular flexibility index (Phi) is 30.8. The number of rotatable bonds is 24. The molecule has 39 heteroatoms. The van der Waals surface area contributed by atoms with E-state index in [2.05, 4.69) is 91.4 Å². The highest BCUT2D eigenvalue weighted by atomic mass is 35.5. The van der Waals surface area contributed by atoms with Gasteiger partial charge < -0.3 is 59.7 Å². The summed E-state index contributed by atoms with van der Waals surface area (Å²) in [4.78, 5) is 111. The van der Waals surface area contributed by atoms with E-state index < -0.39 is 76.8 Å². The summed E-state index contributed by atoms with van der Waals surface area (Å²) in [6.07, 6.45) is 24.7. The number of carbonyl (C=O) groups is 5. The van der Waals surface area contributed by atoms with Crippen LogP contribution in [0, 0.1) is 41.8 Å². The Hall–Kier alpha value is -16.9. The number of hydrogen-bond acceptors (Lipinski definition) is 25. The van der Waals surface area contributed by atoms with Gasteiger partial charge in [0, 0.05) is 148 Å². The number of pyridine rings is 3. The third kappa shape index (κ3) is 28.9. The van der Waals surface area contributed by atoms with Crippen molar-refractivity contribution in [3.8, 4) is 69.0 Å². The summed E-state index contributed by atoms with van der Waals surface area (Å²) in [5.74, 6) is -8.22. The van der Waals surface area contributed by atoms with E-state index in [1.165, 1.54) is 223 Å². The van der Waals surface area contributed by atoms with Crippen LogP contribution >= 0.6 is 11.6 Å². The zero-order valence-corrected chi connectivity index (χ0v) is 66.9. The van der Waals surface area contributed by atoms with Crippen LogP contribution in [0.3, 0.4) is 0 Å². The summed E-state index contributed by atoms with van der Waals surface area (Å²) >= 11 is 5.79. The van der Waals surface area contributed by atoms with E-state index in [1.807, 2.05) is 13.0 Å². The number of benzene rings is 7. The van der Waals surface area contributed by atoms with Gasteiger partial charge in [-0.05, 0) is 86.6 Å². The molecule has 0 spiro atoms. The number of anilines is 5. The van der Waals surface area contributed by atoms with Crippen molar-refractivity contribution in [2.24, 2.45) is 0 Å². The maximum Gasteiger partial charge on any atom is 0.274 e. The quantitative estimate of drug-likeness (QED) is 0.0351. The first-order valence-electron chi connectivity index (χ1n) is 37.6. The highest BCUT2D eigenvalue weighted by molar-refractivity contribution is 6.31. The fraction of sp³-hybridized carbons (Fsp3) is 0.0682. The van der Waals surface area contributed by atoms with E-state index in [4.69, 9.17) is 47.5 Å². The second-order valence-electron chi connectivity index (χ2n) is 25.6. The minimum absolute atomic E-state index is 0.0162. The van der Waals surface area contributed by atoms with Crippen molar-refractivity contribution in [2.75, 3.05) is 40.3 Å². The van der Waals surface area contributed by atoms with Gasteiger partial charge >= 0.3 is 0 Å². The summed E-state index contributed by atoms with van der Waals surface area (Å²) in [7, 11) is 1.49. The van der Waals surface area contributed by atoms with Crippen molar-refractivity contribution in [3.63, 3.8) is 0 Å². The van der Waals surface area contributed by atoms with Crippen LogP contribution in [0.15, 0.2) is 282 Å². The summed E-state index contributed by atoms with van der Waals surface area (Å²) in [6, 6.07) is 37.9. The first-order valence-corrected chi connectivity index (χ1v) is 37.0. The smallest absolute Gasteiger partial charge is 0.274 e. The summed E-state index contributed by atoms with van der Waals surface area (Å²) in [6.45, 7) is 1.96. The van der Waals surface area contributed by atoms with Gasteiger partial charge in [0.25, 0.3) is 35.5 Å². The summed E-state index contributed by atoms with van der Waals surface area (Å²) in [5.41, 5.74) is 2.11. The fourth-order valence-electron chi connectivity index (χ4n) is 10.5. The summed E-state index contributed by atoms with van der Waals surface area (Å²) < 4.78 is 162. The number of aryl methyl sites for hydroxylation is 1. The summed E-state index contributed by atoms with van der Waals surface area (Å²) in [5, 5.41) is 12.9. The zero-order valence-electron chi connectivity index (χ0n) is 68.2. The van der Waals surface area contributed by atoms with Crippen molar-refractivity contribution >= 4 is 69.6 Å². The first-order chi connectivity index (χ1) is 61.8. The third-order valence-electron chi connectivity index (χ3n) is 15.9. The Morgan fingerprint density at radius 1 is 0.378 bits per heavy atom. The largest absolute Gasteiger partial charge is 0.497 e. The van der Waals surface area contributed by atoms with Gasteiger partial charge in [-0.1, -0.05) is 41.4 Å². The molecule has 5 amide bonds. The van der Waals surface area contributed by atoms with Gasteiger partial charge in [-0.2, -0.15) is 4.39 Å². The second-order valence-corrected chi connectivity index (χ2v) is 26.0. The second kappa shape index (κ2) is 44.6. The van der Waals surface area contributed by atoms with Crippen molar-refractivity contribution in [2.45, 2.75) is 26.7 Å². The van der Waals surface area contributed by atoms with Gasteiger partial charge in [-0.25, -0.2) is 80.6 Å². The van der Waals surface area contributed by atoms with E-state index in [-0.39, 0.29) is 91.4 Å². The SMILES string of the molecule is CC(F)(F)c1cccc(C(=O)Nc2cc(F)cc(Oc3cncnc3)c2)c1.COc1ccnc(C(=O)Nc2cc(F)cc(Oc3cncnc3)c2)c1.Cc1cccc(C(=O)Nc2cc(F)cc(Oc3cncnc3)c2)c1.O=C(Nc1cc(F)c(F)c(Oc2cncnc2)c1)c1cc(Cl)ccn1.[2H]C([2H])(C)Oc1ccnc(C(=O)Nc2cc(F)cc(Oc3cncnc3)c2)c1. The van der Waals surface area contributed by atoms with Crippen LogP contribution in [0.5, 0.6) is 69.0 Å². The lowest BCUT2D eigenvalue weighted by atomic mass is 10.1. The van der Waals surface area contributed by atoms with Crippen LogP contribution in [0.25, 0.3) is 0 Å². The van der Waals surface area contributed by atoms with Crippen molar-refractivity contribution < 1.29 is 95.0 Å². The van der Waals surface area contributed by atoms with Crippen molar-refractivity contribution in [1.82, 2.24) is 64.8 Å². The molecule has 0 saturated heterocycles. The maximum atomic E-state index is 13.9. The Morgan fingerprint density at radius 2 is 0.717 bits per heavy atom. The van der Waals surface area contributed by atoms with Crippen LogP contribution in [0.2, 0.25) is 5.02 Å². The lowest BCUT2D eigenvalue weighted by Gasteiger charge is -2.12. The molecule has 0 unspecified atom stereocenters. The van der Waals surface area contributed by atoms with Gasteiger partial charge in [0.05, 0.1) is 78.4 Å². The number of carbonyl (C=O) groups excluding carboxylic acids is 5. The molecule has 8 aromatic heterocycles. The van der Waals surface area contributed by atoms with Crippen LogP contribution in [0.1, 0.15) is 79.9 Å². The molecule has 127 heavy (non-hydrogen) atoms. The molecule has 0 fully saturated rings. The highest BCUT2D eigenvalue weighted by Gasteiger charge is 2.26. The predicted octanol–water partition coefficient (Wildman–Crippen LogP) is 19.1. The van der Waals surface area contributed by atoms with Crippen molar-refractivity contribution in [3.05, 3.63) is 361 Å². The van der Waals surface area contributed by atoms with E-state index in [1.54, 1.807) is 24.3 Å². The molecule has 0 aliphatic rings. The first kappa shape index (κ1) is 87.9. The molecule has 7 aromatic carbocycles. The van der Waals surface area contributed by atoms with Crippen molar-refractivity contribution in [1.29, 1.82) is 0 Å². The third-order valence-corrected chi connectivity index (χ3v) is 16.1. The number of hydrogen-bond donors (Lipinski definition) is 5. The average molecular weight is 1760 g/mol. The average Bonchev–Trinajstić information content (AvgIpc) is 0.823. The van der Waals surface area contributed by atoms with E-state index in [9.17, 15) is 59.1 Å². The van der Waals surface area contributed by atoms with Crippen LogP contribution in [0.4, 0.5) is 63.6 Å². The predicted molar refractivity (Wildman–Crippen MR) is 445 cm³/mol. The molecule has 0 radical (unpaired) electrons. The molecule has 30 nitrogen and oxygen atoms in total. The number of alkyl halides is 2. The molecule has 0 atom stereocenters. The topological polar surface area (TPSA) is 378 Å². The number of nitrogens with one attached hydrogen (secondary N) is 5. The minimum atomic E-state index is -3.08. The van der Waals surface area contributed by atoms with Crippen LogP contribution in [-0.4, -0.2) is 108 Å². The number of nitrogens with zero attached hydrogens (tertiary/aromatic N) is 13. The normalized spacial score (nSPS) is 10.8. The van der Waals surface area contributed by atoms with E-state index in [0.717, 1.165) is 55.0 Å². The number of ether oxygens (including phenoxy) is 7. The molecule has 15 rings (SSSR count). The molecule has 0 aliphatic heterocycles.